The van der Waals surface area contributed by atoms with E-state index in [0.717, 1.165) is 0 Å². The Kier molecular flexibility index (Phi) is 7.91. The number of aliphatic hydroxyl groups excluding tert-OH is 1. The van der Waals surface area contributed by atoms with Crippen LogP contribution in [0.5, 0.6) is 0 Å². The molecule has 1 rings (SSSR count). The number of hydrogen-bond acceptors (Lipinski definition) is 3. The zero-order valence-electron chi connectivity index (χ0n) is 14.0. The minimum Gasteiger partial charge on any atom is -0.393 e. The maximum atomic E-state index is 11.9. The normalized spacial score (nSPS) is 15.2. The molecule has 0 aliphatic carbocycles. The van der Waals surface area contributed by atoms with Crippen LogP contribution in [0, 0.1) is 5.92 Å². The standard InChI is InChI=1S/C17H29N3O2/c1-13(10-14(2)21)11-18-17(22)19-12-16(20(3)4)15-8-6-5-7-9-15/h5-9,13-14,16,21H,10-12H2,1-4H3,(H2,18,19,22). The second-order valence-electron chi connectivity index (χ2n) is 6.17. The number of benzene rings is 1. The Morgan fingerprint density at radius 3 is 2.27 bits per heavy atom. The lowest BCUT2D eigenvalue weighted by molar-refractivity contribution is 0.163. The number of nitrogens with one attached hydrogen (secondary N) is 2. The van der Waals surface area contributed by atoms with Gasteiger partial charge in [-0.2, -0.15) is 0 Å². The summed E-state index contributed by atoms with van der Waals surface area (Å²) in [6.07, 6.45) is 0.348. The Balaban J connectivity index is 2.41. The van der Waals surface area contributed by atoms with Gasteiger partial charge in [-0.05, 0) is 38.9 Å². The lowest BCUT2D eigenvalue weighted by atomic mass is 10.1. The number of likely N-dealkylation sites (N-methyl/N-ethyl adjacent to an activating group) is 1. The molecule has 124 valence electrons. The van der Waals surface area contributed by atoms with E-state index in [1.807, 2.05) is 39.2 Å². The Morgan fingerprint density at radius 2 is 1.73 bits per heavy atom. The van der Waals surface area contributed by atoms with Gasteiger partial charge in [-0.15, -0.1) is 0 Å². The Morgan fingerprint density at radius 1 is 1.14 bits per heavy atom. The summed E-state index contributed by atoms with van der Waals surface area (Å²) in [7, 11) is 4.00. The highest BCUT2D eigenvalue weighted by molar-refractivity contribution is 5.73. The molecule has 3 atom stereocenters. The SMILES string of the molecule is CC(O)CC(C)CNC(=O)NCC(c1ccccc1)N(C)C. The third-order valence-electron chi connectivity index (χ3n) is 3.62. The van der Waals surface area contributed by atoms with Crippen LogP contribution in [-0.2, 0) is 0 Å². The van der Waals surface area contributed by atoms with Crippen molar-refractivity contribution in [3.05, 3.63) is 35.9 Å². The third kappa shape index (κ3) is 6.91. The molecule has 0 aliphatic heterocycles. The summed E-state index contributed by atoms with van der Waals surface area (Å²) < 4.78 is 0. The highest BCUT2D eigenvalue weighted by Gasteiger charge is 2.15. The van der Waals surface area contributed by atoms with Crippen LogP contribution in [0.2, 0.25) is 0 Å². The molecule has 0 spiro atoms. The van der Waals surface area contributed by atoms with Crippen molar-refractivity contribution in [1.82, 2.24) is 15.5 Å². The zero-order valence-corrected chi connectivity index (χ0v) is 14.0. The van der Waals surface area contributed by atoms with Gasteiger partial charge in [0.15, 0.2) is 0 Å². The van der Waals surface area contributed by atoms with E-state index in [9.17, 15) is 9.90 Å². The van der Waals surface area contributed by atoms with Gasteiger partial charge in [0, 0.05) is 13.1 Å². The van der Waals surface area contributed by atoms with Crippen molar-refractivity contribution in [2.24, 2.45) is 5.92 Å². The molecule has 0 fully saturated rings. The zero-order chi connectivity index (χ0) is 16.5. The summed E-state index contributed by atoms with van der Waals surface area (Å²) >= 11 is 0. The van der Waals surface area contributed by atoms with Crippen LogP contribution >= 0.6 is 0 Å². The second kappa shape index (κ2) is 9.43. The molecule has 22 heavy (non-hydrogen) atoms. The molecular weight excluding hydrogens is 278 g/mol. The van der Waals surface area contributed by atoms with Crippen LogP contribution < -0.4 is 10.6 Å². The van der Waals surface area contributed by atoms with Gasteiger partial charge < -0.3 is 20.6 Å². The number of amides is 2. The van der Waals surface area contributed by atoms with E-state index in [0.29, 0.717) is 19.5 Å². The van der Waals surface area contributed by atoms with Gasteiger partial charge in [-0.25, -0.2) is 4.79 Å². The molecule has 5 heteroatoms. The highest BCUT2D eigenvalue weighted by Crippen LogP contribution is 2.16. The molecule has 0 aromatic heterocycles. The highest BCUT2D eigenvalue weighted by atomic mass is 16.3. The third-order valence-corrected chi connectivity index (χ3v) is 3.62. The van der Waals surface area contributed by atoms with Crippen LogP contribution in [0.1, 0.15) is 31.9 Å². The molecule has 5 nitrogen and oxygen atoms in total. The average molecular weight is 307 g/mol. The van der Waals surface area contributed by atoms with Crippen molar-refractivity contribution in [1.29, 1.82) is 0 Å². The van der Waals surface area contributed by atoms with Gasteiger partial charge in [0.2, 0.25) is 0 Å². The fraction of sp³-hybridized carbons (Fsp3) is 0.588. The predicted octanol–water partition coefficient (Wildman–Crippen LogP) is 2.00. The Hall–Kier alpha value is -1.59. The van der Waals surface area contributed by atoms with E-state index >= 15 is 0 Å². The van der Waals surface area contributed by atoms with Crippen molar-refractivity contribution in [3.63, 3.8) is 0 Å². The van der Waals surface area contributed by atoms with Crippen LogP contribution in [0.25, 0.3) is 0 Å². The smallest absolute Gasteiger partial charge is 0.314 e. The van der Waals surface area contributed by atoms with Crippen molar-refractivity contribution in [3.8, 4) is 0 Å². The lowest BCUT2D eigenvalue weighted by Crippen LogP contribution is -2.42. The van der Waals surface area contributed by atoms with E-state index < -0.39 is 0 Å². The number of rotatable bonds is 8. The molecule has 3 unspecified atom stereocenters. The largest absolute Gasteiger partial charge is 0.393 e. The van der Waals surface area contributed by atoms with Gasteiger partial charge in [-0.1, -0.05) is 37.3 Å². The number of urea groups is 1. The summed E-state index contributed by atoms with van der Waals surface area (Å²) in [5, 5.41) is 15.1. The molecule has 0 saturated carbocycles. The molecular formula is C17H29N3O2. The van der Waals surface area contributed by atoms with Gasteiger partial charge in [-0.3, -0.25) is 0 Å². The molecule has 2 amide bonds. The van der Waals surface area contributed by atoms with Gasteiger partial charge >= 0.3 is 6.03 Å². The molecule has 0 saturated heterocycles. The number of carbonyl (C=O) groups excluding carboxylic acids is 1. The first kappa shape index (κ1) is 18.5. The van der Waals surface area contributed by atoms with E-state index in [4.69, 9.17) is 0 Å². The first-order valence-corrected chi connectivity index (χ1v) is 7.81. The fourth-order valence-corrected chi connectivity index (χ4v) is 2.46. The lowest BCUT2D eigenvalue weighted by Gasteiger charge is -2.25. The molecule has 3 N–H and O–H groups in total. The predicted molar refractivity (Wildman–Crippen MR) is 89.7 cm³/mol. The minimum absolute atomic E-state index is 0.141. The van der Waals surface area contributed by atoms with Gasteiger partial charge in [0.05, 0.1) is 12.1 Å². The number of carbonyl (C=O) groups is 1. The number of nitrogens with zero attached hydrogens (tertiary/aromatic N) is 1. The molecule has 0 aliphatic rings. The summed E-state index contributed by atoms with van der Waals surface area (Å²) in [4.78, 5) is 14.0. The minimum atomic E-state index is -0.337. The monoisotopic (exact) mass is 307 g/mol. The van der Waals surface area contributed by atoms with E-state index in [-0.39, 0.29) is 24.1 Å². The van der Waals surface area contributed by atoms with Crippen LogP contribution in [0.4, 0.5) is 4.79 Å². The summed E-state index contributed by atoms with van der Waals surface area (Å²) in [5.41, 5.74) is 1.18. The summed E-state index contributed by atoms with van der Waals surface area (Å²) in [6, 6.07) is 10.1. The van der Waals surface area contributed by atoms with Gasteiger partial charge in [0.1, 0.15) is 0 Å². The molecule has 0 radical (unpaired) electrons. The maximum Gasteiger partial charge on any atom is 0.314 e. The molecule has 1 aromatic carbocycles. The van der Waals surface area contributed by atoms with Crippen LogP contribution in [0.15, 0.2) is 30.3 Å². The fourth-order valence-electron chi connectivity index (χ4n) is 2.46. The quantitative estimate of drug-likeness (QED) is 0.688. The number of aliphatic hydroxyl groups is 1. The average Bonchev–Trinajstić information content (AvgIpc) is 2.45. The topological polar surface area (TPSA) is 64.6 Å². The van der Waals surface area contributed by atoms with Crippen molar-refractivity contribution in [2.45, 2.75) is 32.4 Å². The Labute approximate surface area is 133 Å². The molecule has 1 aromatic rings. The molecule has 0 heterocycles. The van der Waals surface area contributed by atoms with Crippen LogP contribution in [-0.4, -0.2) is 49.3 Å². The van der Waals surface area contributed by atoms with Crippen molar-refractivity contribution < 1.29 is 9.90 Å². The van der Waals surface area contributed by atoms with E-state index in [1.165, 1.54) is 5.56 Å². The van der Waals surface area contributed by atoms with E-state index in [2.05, 4.69) is 27.7 Å². The second-order valence-corrected chi connectivity index (χ2v) is 6.17. The first-order valence-electron chi connectivity index (χ1n) is 7.81. The summed E-state index contributed by atoms with van der Waals surface area (Å²) in [5.74, 6) is 0.254. The van der Waals surface area contributed by atoms with Gasteiger partial charge in [0.25, 0.3) is 0 Å². The van der Waals surface area contributed by atoms with Crippen LogP contribution in [0.3, 0.4) is 0 Å². The number of hydrogen-bond donors (Lipinski definition) is 3. The van der Waals surface area contributed by atoms with Crippen molar-refractivity contribution in [2.75, 3.05) is 27.2 Å². The molecule has 0 bridgehead atoms. The summed E-state index contributed by atoms with van der Waals surface area (Å²) in [6.45, 7) is 4.89. The van der Waals surface area contributed by atoms with E-state index in [1.54, 1.807) is 6.92 Å². The van der Waals surface area contributed by atoms with Crippen molar-refractivity contribution >= 4 is 6.03 Å². The maximum absolute atomic E-state index is 11.9. The Bertz CT molecular complexity index is 435. The first-order chi connectivity index (χ1) is 10.4.